The van der Waals surface area contributed by atoms with E-state index in [1.807, 2.05) is 18.2 Å². The van der Waals surface area contributed by atoms with Gasteiger partial charge in [0, 0.05) is 29.2 Å². The number of anilines is 1. The van der Waals surface area contributed by atoms with E-state index in [4.69, 9.17) is 21.7 Å². The molecule has 7 nitrogen and oxygen atoms in total. The number of rotatable bonds is 11. The Morgan fingerprint density at radius 2 is 1.69 bits per heavy atom. The van der Waals surface area contributed by atoms with Crippen molar-refractivity contribution in [2.45, 2.75) is 40.7 Å². The molecule has 0 fully saturated rings. The van der Waals surface area contributed by atoms with Gasteiger partial charge in [-0.3, -0.25) is 4.79 Å². The van der Waals surface area contributed by atoms with Crippen LogP contribution in [0.1, 0.15) is 37.0 Å². The van der Waals surface area contributed by atoms with Gasteiger partial charge in [-0.1, -0.05) is 31.5 Å². The van der Waals surface area contributed by atoms with Crippen LogP contribution in [0.15, 0.2) is 41.2 Å². The first-order valence-corrected chi connectivity index (χ1v) is 12.8. The Labute approximate surface area is 219 Å². The lowest BCUT2D eigenvalue weighted by molar-refractivity contribution is 0.281. The minimum Gasteiger partial charge on any atom is -0.493 e. The SMILES string of the molecule is CCN(CC)CCCN(Cc1cc2cc(OC)c(OC)cc2[nH]c1=O)C(=S)Nc1ccc(C)cc1C. The van der Waals surface area contributed by atoms with Crippen LogP contribution in [-0.2, 0) is 6.54 Å². The van der Waals surface area contributed by atoms with Crippen molar-refractivity contribution in [3.05, 3.63) is 63.4 Å². The van der Waals surface area contributed by atoms with Crippen LogP contribution in [0.4, 0.5) is 5.69 Å². The number of aryl methyl sites for hydroxylation is 2. The summed E-state index contributed by atoms with van der Waals surface area (Å²) in [5.74, 6) is 1.19. The second-order valence-corrected chi connectivity index (χ2v) is 9.36. The van der Waals surface area contributed by atoms with Gasteiger partial charge in [-0.05, 0) is 75.9 Å². The lowest BCUT2D eigenvalue weighted by Gasteiger charge is -2.28. The first-order chi connectivity index (χ1) is 17.3. The van der Waals surface area contributed by atoms with E-state index in [1.54, 1.807) is 20.3 Å². The second kappa shape index (κ2) is 12.7. The molecule has 0 atom stereocenters. The molecule has 0 aliphatic carbocycles. The van der Waals surface area contributed by atoms with Gasteiger partial charge < -0.3 is 29.6 Å². The Hall–Kier alpha value is -3.10. The van der Waals surface area contributed by atoms with Gasteiger partial charge in [0.05, 0.1) is 26.3 Å². The minimum absolute atomic E-state index is 0.141. The van der Waals surface area contributed by atoms with Crippen molar-refractivity contribution in [1.82, 2.24) is 14.8 Å². The highest BCUT2D eigenvalue weighted by atomic mass is 32.1. The van der Waals surface area contributed by atoms with Gasteiger partial charge in [-0.2, -0.15) is 0 Å². The molecule has 3 rings (SSSR count). The van der Waals surface area contributed by atoms with Crippen molar-refractivity contribution in [2.75, 3.05) is 45.7 Å². The first-order valence-electron chi connectivity index (χ1n) is 12.4. The molecule has 194 valence electrons. The number of methoxy groups -OCH3 is 2. The zero-order chi connectivity index (χ0) is 26.2. The molecule has 0 bridgehead atoms. The molecule has 1 heterocycles. The van der Waals surface area contributed by atoms with Gasteiger partial charge in [0.1, 0.15) is 0 Å². The van der Waals surface area contributed by atoms with E-state index in [1.165, 1.54) is 5.56 Å². The highest BCUT2D eigenvalue weighted by Gasteiger charge is 2.16. The fraction of sp³-hybridized carbons (Fsp3) is 0.429. The summed E-state index contributed by atoms with van der Waals surface area (Å²) in [5.41, 5.74) is 4.51. The molecular weight excluding hydrogens is 472 g/mol. The number of nitrogens with one attached hydrogen (secondary N) is 2. The number of aromatic amines is 1. The van der Waals surface area contributed by atoms with Crippen LogP contribution in [-0.4, -0.2) is 60.3 Å². The van der Waals surface area contributed by atoms with Gasteiger partial charge in [-0.15, -0.1) is 0 Å². The average Bonchev–Trinajstić information content (AvgIpc) is 2.87. The lowest BCUT2D eigenvalue weighted by Crippen LogP contribution is -2.38. The average molecular weight is 511 g/mol. The third kappa shape index (κ3) is 6.77. The number of hydrogen-bond donors (Lipinski definition) is 2. The monoisotopic (exact) mass is 510 g/mol. The molecule has 3 aromatic rings. The van der Waals surface area contributed by atoms with Gasteiger partial charge >= 0.3 is 0 Å². The van der Waals surface area contributed by atoms with E-state index < -0.39 is 0 Å². The van der Waals surface area contributed by atoms with Crippen LogP contribution >= 0.6 is 12.2 Å². The summed E-state index contributed by atoms with van der Waals surface area (Å²) in [4.78, 5) is 20.5. The molecule has 0 spiro atoms. The maximum Gasteiger partial charge on any atom is 0.253 e. The third-order valence-electron chi connectivity index (χ3n) is 6.49. The quantitative estimate of drug-likeness (QED) is 0.348. The molecule has 8 heteroatoms. The molecule has 0 radical (unpaired) electrons. The summed E-state index contributed by atoms with van der Waals surface area (Å²) >= 11 is 5.85. The lowest BCUT2D eigenvalue weighted by atomic mass is 10.1. The molecule has 0 saturated carbocycles. The van der Waals surface area contributed by atoms with E-state index >= 15 is 0 Å². The molecular formula is C28H38N4O3S. The molecule has 0 saturated heterocycles. The van der Waals surface area contributed by atoms with Crippen LogP contribution in [0.3, 0.4) is 0 Å². The number of H-pyrrole nitrogens is 1. The second-order valence-electron chi connectivity index (χ2n) is 8.97. The fourth-order valence-electron chi connectivity index (χ4n) is 4.33. The van der Waals surface area contributed by atoms with Crippen LogP contribution in [0.5, 0.6) is 11.5 Å². The van der Waals surface area contributed by atoms with Crippen molar-refractivity contribution < 1.29 is 9.47 Å². The Morgan fingerprint density at radius 1 is 1.00 bits per heavy atom. The number of hydrogen-bond acceptors (Lipinski definition) is 5. The first kappa shape index (κ1) is 27.5. The van der Waals surface area contributed by atoms with Crippen LogP contribution in [0.25, 0.3) is 10.9 Å². The van der Waals surface area contributed by atoms with Gasteiger partial charge in [-0.25, -0.2) is 0 Å². The molecule has 2 N–H and O–H groups in total. The Morgan fingerprint density at radius 3 is 2.33 bits per heavy atom. The number of aromatic nitrogens is 1. The zero-order valence-electron chi connectivity index (χ0n) is 22.2. The molecule has 0 amide bonds. The summed E-state index contributed by atoms with van der Waals surface area (Å²) in [7, 11) is 3.18. The predicted molar refractivity (Wildman–Crippen MR) is 153 cm³/mol. The summed E-state index contributed by atoms with van der Waals surface area (Å²) in [6.07, 6.45) is 0.937. The number of nitrogens with zero attached hydrogens (tertiary/aromatic N) is 2. The number of fused-ring (bicyclic) bond motifs is 1. The van der Waals surface area contributed by atoms with E-state index in [0.29, 0.717) is 34.2 Å². The van der Waals surface area contributed by atoms with Crippen molar-refractivity contribution in [1.29, 1.82) is 0 Å². The van der Waals surface area contributed by atoms with Gasteiger partial charge in [0.2, 0.25) is 0 Å². The Balaban J connectivity index is 1.89. The topological polar surface area (TPSA) is 69.8 Å². The van der Waals surface area contributed by atoms with Crippen molar-refractivity contribution in [3.8, 4) is 11.5 Å². The van der Waals surface area contributed by atoms with Crippen LogP contribution in [0.2, 0.25) is 0 Å². The number of ether oxygens (including phenoxy) is 2. The third-order valence-corrected chi connectivity index (χ3v) is 6.85. The fourth-order valence-corrected chi connectivity index (χ4v) is 4.59. The van der Waals surface area contributed by atoms with Crippen molar-refractivity contribution in [3.63, 3.8) is 0 Å². The molecule has 0 unspecified atom stereocenters. The van der Waals surface area contributed by atoms with Crippen molar-refractivity contribution >= 4 is 33.9 Å². The highest BCUT2D eigenvalue weighted by molar-refractivity contribution is 7.80. The van der Waals surface area contributed by atoms with Crippen LogP contribution < -0.4 is 20.3 Å². The standard InChI is InChI=1S/C28H38N4O3S/c1-7-31(8-2)12-9-13-32(28(36)30-23-11-10-19(3)14-20(23)4)18-22-15-21-16-25(34-5)26(35-6)17-24(21)29-27(22)33/h10-11,14-17H,7-9,12-13,18H2,1-6H3,(H,29,33)(H,30,36). The van der Waals surface area contributed by atoms with E-state index in [2.05, 4.69) is 59.9 Å². The van der Waals surface area contributed by atoms with E-state index in [-0.39, 0.29) is 5.56 Å². The van der Waals surface area contributed by atoms with E-state index in [0.717, 1.165) is 49.2 Å². The summed E-state index contributed by atoms with van der Waals surface area (Å²) in [6, 6.07) is 11.8. The summed E-state index contributed by atoms with van der Waals surface area (Å²) < 4.78 is 10.8. The molecule has 1 aromatic heterocycles. The molecule has 36 heavy (non-hydrogen) atoms. The van der Waals surface area contributed by atoms with Crippen molar-refractivity contribution in [2.24, 2.45) is 0 Å². The van der Waals surface area contributed by atoms with Gasteiger partial charge in [0.25, 0.3) is 5.56 Å². The molecule has 0 aliphatic rings. The minimum atomic E-state index is -0.141. The normalized spacial score (nSPS) is 11.1. The molecule has 2 aromatic carbocycles. The van der Waals surface area contributed by atoms with Gasteiger partial charge in [0.15, 0.2) is 16.6 Å². The maximum absolute atomic E-state index is 13.0. The Bertz CT molecular complexity index is 1250. The summed E-state index contributed by atoms with van der Waals surface area (Å²) in [6.45, 7) is 12.6. The predicted octanol–water partition coefficient (Wildman–Crippen LogP) is 5.09. The summed E-state index contributed by atoms with van der Waals surface area (Å²) in [5, 5.41) is 4.89. The highest BCUT2D eigenvalue weighted by Crippen LogP contribution is 2.31. The largest absolute Gasteiger partial charge is 0.493 e. The number of benzene rings is 2. The van der Waals surface area contributed by atoms with E-state index in [9.17, 15) is 4.79 Å². The Kier molecular flexibility index (Phi) is 9.73. The smallest absolute Gasteiger partial charge is 0.253 e. The molecule has 0 aliphatic heterocycles. The number of thiocarbonyl (C=S) groups is 1. The maximum atomic E-state index is 13.0. The number of pyridine rings is 1. The van der Waals surface area contributed by atoms with Crippen LogP contribution in [0, 0.1) is 13.8 Å². The zero-order valence-corrected chi connectivity index (χ0v) is 23.1.